The summed E-state index contributed by atoms with van der Waals surface area (Å²) in [5, 5.41) is 1.03. The average Bonchev–Trinajstić information content (AvgIpc) is 2.38. The molecule has 0 atom stereocenters. The molecule has 0 saturated carbocycles. The fourth-order valence-corrected chi connectivity index (χ4v) is 2.08. The number of nitrogens with zero attached hydrogens (tertiary/aromatic N) is 2. The van der Waals surface area contributed by atoms with Crippen LogP contribution in [0, 0.1) is 6.92 Å². The van der Waals surface area contributed by atoms with Gasteiger partial charge in [0.15, 0.2) is 0 Å². The molecule has 0 aliphatic heterocycles. The summed E-state index contributed by atoms with van der Waals surface area (Å²) in [5.74, 6) is 0.756. The quantitative estimate of drug-likeness (QED) is 0.659. The molecule has 1 aromatic heterocycles. The summed E-state index contributed by atoms with van der Waals surface area (Å²) in [4.78, 5) is 8.98. The molecule has 0 radical (unpaired) electrons. The van der Waals surface area contributed by atoms with Crippen molar-refractivity contribution in [1.82, 2.24) is 9.97 Å². The molecule has 0 fully saturated rings. The Morgan fingerprint density at radius 2 is 1.72 bits per heavy atom. The number of aromatic nitrogens is 2. The predicted molar refractivity (Wildman–Crippen MR) is 74.1 cm³/mol. The number of aryl methyl sites for hydroxylation is 1. The minimum absolute atomic E-state index is 0.722. The van der Waals surface area contributed by atoms with E-state index in [0.717, 1.165) is 33.7 Å². The first-order valence-corrected chi connectivity index (χ1v) is 5.83. The zero-order chi connectivity index (χ0) is 12.5. The van der Waals surface area contributed by atoms with E-state index in [0.29, 0.717) is 0 Å². The van der Waals surface area contributed by atoms with Crippen molar-refractivity contribution >= 4 is 16.6 Å². The number of anilines is 1. The van der Waals surface area contributed by atoms with Crippen LogP contribution in [0.5, 0.6) is 0 Å². The molecular formula is C15H13N3. The Bertz CT molecular complexity index is 700. The van der Waals surface area contributed by atoms with Crippen molar-refractivity contribution in [3.05, 3.63) is 54.4 Å². The lowest BCUT2D eigenvalue weighted by Crippen LogP contribution is -1.95. The molecule has 88 valence electrons. The highest BCUT2D eigenvalue weighted by Crippen LogP contribution is 2.26. The van der Waals surface area contributed by atoms with Gasteiger partial charge < -0.3 is 5.73 Å². The maximum atomic E-state index is 5.80. The van der Waals surface area contributed by atoms with E-state index >= 15 is 0 Å². The Kier molecular flexibility index (Phi) is 2.45. The number of benzene rings is 2. The molecule has 0 aliphatic rings. The lowest BCUT2D eigenvalue weighted by atomic mass is 10.1. The molecule has 0 amide bonds. The largest absolute Gasteiger partial charge is 0.399 e. The van der Waals surface area contributed by atoms with Crippen LogP contribution in [0.4, 0.5) is 5.69 Å². The standard InChI is InChI=1S/C15H13N3/c1-10-17-14-9-12(16)7-8-13(14)15(18-10)11-5-3-2-4-6-11/h2-9H,16H2,1H3. The highest BCUT2D eigenvalue weighted by Gasteiger charge is 2.07. The van der Waals surface area contributed by atoms with Gasteiger partial charge in [-0.1, -0.05) is 30.3 Å². The Morgan fingerprint density at radius 1 is 0.944 bits per heavy atom. The number of nitrogens with two attached hydrogens (primary N) is 1. The molecule has 0 saturated heterocycles. The van der Waals surface area contributed by atoms with Gasteiger partial charge in [-0.2, -0.15) is 0 Å². The number of hydrogen-bond acceptors (Lipinski definition) is 3. The summed E-state index contributed by atoms with van der Waals surface area (Å²) in [6.45, 7) is 1.90. The molecule has 3 rings (SSSR count). The molecule has 3 aromatic rings. The van der Waals surface area contributed by atoms with Gasteiger partial charge >= 0.3 is 0 Å². The van der Waals surface area contributed by atoms with Crippen LogP contribution >= 0.6 is 0 Å². The van der Waals surface area contributed by atoms with Gasteiger partial charge in [0.1, 0.15) is 5.82 Å². The summed E-state index contributed by atoms with van der Waals surface area (Å²) < 4.78 is 0. The number of nitrogen functional groups attached to an aromatic ring is 1. The summed E-state index contributed by atoms with van der Waals surface area (Å²) in [6, 6.07) is 15.9. The van der Waals surface area contributed by atoms with Gasteiger partial charge in [0.05, 0.1) is 11.2 Å². The normalized spacial score (nSPS) is 10.7. The van der Waals surface area contributed by atoms with E-state index in [1.807, 2.05) is 43.3 Å². The third-order valence-corrected chi connectivity index (χ3v) is 2.88. The highest BCUT2D eigenvalue weighted by atomic mass is 14.9. The summed E-state index contributed by atoms with van der Waals surface area (Å²) in [7, 11) is 0. The van der Waals surface area contributed by atoms with Gasteiger partial charge in [0.25, 0.3) is 0 Å². The molecule has 0 spiro atoms. The monoisotopic (exact) mass is 235 g/mol. The van der Waals surface area contributed by atoms with E-state index in [2.05, 4.69) is 22.1 Å². The molecular weight excluding hydrogens is 222 g/mol. The Hall–Kier alpha value is -2.42. The first kappa shape index (κ1) is 10.7. The van der Waals surface area contributed by atoms with Gasteiger partial charge in [-0.25, -0.2) is 9.97 Å². The van der Waals surface area contributed by atoms with Gasteiger partial charge in [-0.05, 0) is 25.1 Å². The van der Waals surface area contributed by atoms with Crippen molar-refractivity contribution < 1.29 is 0 Å². The lowest BCUT2D eigenvalue weighted by Gasteiger charge is -2.07. The Labute approximate surface area is 105 Å². The van der Waals surface area contributed by atoms with E-state index in [9.17, 15) is 0 Å². The van der Waals surface area contributed by atoms with Crippen LogP contribution < -0.4 is 5.73 Å². The molecule has 2 aromatic carbocycles. The molecule has 1 heterocycles. The third kappa shape index (κ3) is 1.80. The van der Waals surface area contributed by atoms with Crippen molar-refractivity contribution in [2.24, 2.45) is 0 Å². The van der Waals surface area contributed by atoms with E-state index in [-0.39, 0.29) is 0 Å². The van der Waals surface area contributed by atoms with E-state index in [1.165, 1.54) is 0 Å². The molecule has 2 N–H and O–H groups in total. The van der Waals surface area contributed by atoms with Crippen LogP contribution in [0.2, 0.25) is 0 Å². The molecule has 3 nitrogen and oxygen atoms in total. The van der Waals surface area contributed by atoms with Gasteiger partial charge in [-0.15, -0.1) is 0 Å². The van der Waals surface area contributed by atoms with Crippen molar-refractivity contribution in [3.8, 4) is 11.3 Å². The van der Waals surface area contributed by atoms with Crippen molar-refractivity contribution in [1.29, 1.82) is 0 Å². The van der Waals surface area contributed by atoms with E-state index < -0.39 is 0 Å². The van der Waals surface area contributed by atoms with Crippen LogP contribution in [0.1, 0.15) is 5.82 Å². The zero-order valence-electron chi connectivity index (χ0n) is 10.1. The molecule has 3 heteroatoms. The summed E-state index contributed by atoms with van der Waals surface area (Å²) >= 11 is 0. The van der Waals surface area contributed by atoms with E-state index in [1.54, 1.807) is 0 Å². The van der Waals surface area contributed by atoms with Crippen molar-refractivity contribution in [2.75, 3.05) is 5.73 Å². The van der Waals surface area contributed by atoms with Crippen molar-refractivity contribution in [3.63, 3.8) is 0 Å². The van der Waals surface area contributed by atoms with Crippen LogP contribution in [-0.4, -0.2) is 9.97 Å². The minimum atomic E-state index is 0.722. The maximum absolute atomic E-state index is 5.80. The fourth-order valence-electron chi connectivity index (χ4n) is 2.08. The van der Waals surface area contributed by atoms with E-state index in [4.69, 9.17) is 5.73 Å². The second-order valence-corrected chi connectivity index (χ2v) is 4.26. The highest BCUT2D eigenvalue weighted by molar-refractivity contribution is 5.93. The Balaban J connectivity index is 2.35. The molecule has 0 unspecified atom stereocenters. The number of rotatable bonds is 1. The predicted octanol–water partition coefficient (Wildman–Crippen LogP) is 3.19. The summed E-state index contributed by atoms with van der Waals surface area (Å²) in [5.41, 5.74) is 9.47. The smallest absolute Gasteiger partial charge is 0.126 e. The molecule has 0 bridgehead atoms. The first-order valence-electron chi connectivity index (χ1n) is 5.83. The maximum Gasteiger partial charge on any atom is 0.126 e. The van der Waals surface area contributed by atoms with Crippen LogP contribution in [0.15, 0.2) is 48.5 Å². The fraction of sp³-hybridized carbons (Fsp3) is 0.0667. The third-order valence-electron chi connectivity index (χ3n) is 2.88. The second kappa shape index (κ2) is 4.11. The first-order chi connectivity index (χ1) is 8.74. The zero-order valence-corrected chi connectivity index (χ0v) is 10.1. The SMILES string of the molecule is Cc1nc(-c2ccccc2)c2ccc(N)cc2n1. The van der Waals surface area contributed by atoms with Crippen LogP contribution in [0.3, 0.4) is 0 Å². The summed E-state index contributed by atoms with van der Waals surface area (Å²) in [6.07, 6.45) is 0. The van der Waals surface area contributed by atoms with Crippen LogP contribution in [-0.2, 0) is 0 Å². The van der Waals surface area contributed by atoms with Crippen LogP contribution in [0.25, 0.3) is 22.2 Å². The topological polar surface area (TPSA) is 51.8 Å². The average molecular weight is 235 g/mol. The molecule has 18 heavy (non-hydrogen) atoms. The molecule has 0 aliphatic carbocycles. The number of fused-ring (bicyclic) bond motifs is 1. The Morgan fingerprint density at radius 3 is 2.50 bits per heavy atom. The minimum Gasteiger partial charge on any atom is -0.399 e. The van der Waals surface area contributed by atoms with Gasteiger partial charge in [0, 0.05) is 16.6 Å². The second-order valence-electron chi connectivity index (χ2n) is 4.26. The van der Waals surface area contributed by atoms with Gasteiger partial charge in [-0.3, -0.25) is 0 Å². The van der Waals surface area contributed by atoms with Gasteiger partial charge in [0.2, 0.25) is 0 Å². The lowest BCUT2D eigenvalue weighted by molar-refractivity contribution is 1.10. The van der Waals surface area contributed by atoms with Crippen molar-refractivity contribution in [2.45, 2.75) is 6.92 Å². The number of hydrogen-bond donors (Lipinski definition) is 1.